The van der Waals surface area contributed by atoms with Crippen molar-refractivity contribution in [3.63, 3.8) is 0 Å². The number of carboxylic acid groups (broad SMARTS) is 3. The van der Waals surface area contributed by atoms with Gasteiger partial charge in [-0.3, -0.25) is 4.79 Å². The van der Waals surface area contributed by atoms with E-state index < -0.39 is 42.4 Å². The first-order valence-corrected chi connectivity index (χ1v) is 7.79. The third kappa shape index (κ3) is 10.4. The van der Waals surface area contributed by atoms with E-state index in [1.807, 2.05) is 20.8 Å². The topological polar surface area (TPSA) is 153 Å². The fourth-order valence-electron chi connectivity index (χ4n) is 1.39. The van der Waals surface area contributed by atoms with Crippen molar-refractivity contribution in [2.24, 2.45) is 0 Å². The number of carboxylic acids is 3. The lowest BCUT2D eigenvalue weighted by Gasteiger charge is -2.22. The molecule has 0 fully saturated rings. The summed E-state index contributed by atoms with van der Waals surface area (Å²) in [5.41, 5.74) is 0. The number of carbonyl (C=O) groups excluding carboxylic acids is 1. The molecule has 0 aliphatic carbocycles. The molecule has 0 saturated heterocycles. The van der Waals surface area contributed by atoms with Crippen LogP contribution in [0.15, 0.2) is 0 Å². The molecular weight excluding hydrogens is 328 g/mol. The highest BCUT2D eigenvalue weighted by Gasteiger charge is 2.26. The number of urea groups is 1. The van der Waals surface area contributed by atoms with Gasteiger partial charge in [-0.1, -0.05) is 20.8 Å². The first-order valence-electron chi connectivity index (χ1n) is 6.80. The van der Waals surface area contributed by atoms with E-state index in [4.69, 9.17) is 15.3 Å². The maximum absolute atomic E-state index is 11.7. The maximum atomic E-state index is 11.7. The third-order valence-electron chi connectivity index (χ3n) is 2.54. The quantitative estimate of drug-likeness (QED) is 0.405. The molecule has 0 saturated carbocycles. The zero-order valence-electron chi connectivity index (χ0n) is 13.2. The molecule has 132 valence electrons. The first-order chi connectivity index (χ1) is 10.4. The maximum Gasteiger partial charge on any atom is 0.327 e. The zero-order chi connectivity index (χ0) is 18.2. The third-order valence-corrected chi connectivity index (χ3v) is 3.90. The van der Waals surface area contributed by atoms with Crippen LogP contribution in [0, 0.1) is 0 Å². The van der Waals surface area contributed by atoms with Gasteiger partial charge in [0, 0.05) is 16.9 Å². The number of amides is 2. The van der Waals surface area contributed by atoms with Gasteiger partial charge in [0.25, 0.3) is 0 Å². The largest absolute Gasteiger partial charge is 0.481 e. The van der Waals surface area contributed by atoms with E-state index in [9.17, 15) is 19.2 Å². The van der Waals surface area contributed by atoms with Crippen LogP contribution in [0.3, 0.4) is 0 Å². The molecule has 0 aromatic heterocycles. The van der Waals surface area contributed by atoms with Gasteiger partial charge in [0.15, 0.2) is 0 Å². The Morgan fingerprint density at radius 2 is 1.43 bits per heavy atom. The summed E-state index contributed by atoms with van der Waals surface area (Å²) >= 11 is 1.33. The molecule has 0 aromatic carbocycles. The molecule has 1 unspecified atom stereocenters. The monoisotopic (exact) mass is 350 g/mol. The molecule has 0 aromatic rings. The average molecular weight is 350 g/mol. The van der Waals surface area contributed by atoms with Crippen LogP contribution in [-0.2, 0) is 14.4 Å². The van der Waals surface area contributed by atoms with E-state index in [0.29, 0.717) is 0 Å². The summed E-state index contributed by atoms with van der Waals surface area (Å²) in [6.07, 6.45) is -0.730. The number of rotatable bonds is 9. The summed E-state index contributed by atoms with van der Waals surface area (Å²) in [7, 11) is 0. The number of carbonyl (C=O) groups is 4. The molecule has 9 nitrogen and oxygen atoms in total. The number of hydrogen-bond acceptors (Lipinski definition) is 5. The second-order valence-corrected chi connectivity index (χ2v) is 7.60. The van der Waals surface area contributed by atoms with Crippen molar-refractivity contribution in [3.8, 4) is 0 Å². The van der Waals surface area contributed by atoms with Gasteiger partial charge >= 0.3 is 23.9 Å². The van der Waals surface area contributed by atoms with Gasteiger partial charge in [0.2, 0.25) is 0 Å². The molecule has 0 spiro atoms. The van der Waals surface area contributed by atoms with Crippen LogP contribution >= 0.6 is 11.8 Å². The summed E-state index contributed by atoms with van der Waals surface area (Å²) in [5.74, 6) is -3.71. The molecule has 0 heterocycles. The van der Waals surface area contributed by atoms with Crippen LogP contribution in [-0.4, -0.2) is 61.8 Å². The van der Waals surface area contributed by atoms with Crippen LogP contribution < -0.4 is 10.6 Å². The minimum atomic E-state index is -1.41. The lowest BCUT2D eigenvalue weighted by molar-refractivity contribution is -0.140. The van der Waals surface area contributed by atoms with E-state index >= 15 is 0 Å². The molecule has 5 N–H and O–H groups in total. The zero-order valence-corrected chi connectivity index (χ0v) is 14.0. The van der Waals surface area contributed by atoms with Crippen LogP contribution in [0.2, 0.25) is 0 Å². The predicted molar refractivity (Wildman–Crippen MR) is 83.6 cm³/mol. The highest BCUT2D eigenvalue weighted by Crippen LogP contribution is 2.23. The molecule has 2 atom stereocenters. The summed E-state index contributed by atoms with van der Waals surface area (Å²) in [6.45, 7) is 5.68. The molecule has 23 heavy (non-hydrogen) atoms. The highest BCUT2D eigenvalue weighted by atomic mass is 32.2. The second kappa shape index (κ2) is 9.23. The minimum Gasteiger partial charge on any atom is -0.481 e. The number of aliphatic carboxylic acids is 3. The Bertz CT molecular complexity index is 462. The average Bonchev–Trinajstić information content (AvgIpc) is 2.37. The lowest BCUT2D eigenvalue weighted by atomic mass is 10.1. The van der Waals surface area contributed by atoms with Crippen LogP contribution in [0.1, 0.15) is 33.6 Å². The molecule has 0 aliphatic rings. The Labute approximate surface area is 137 Å². The van der Waals surface area contributed by atoms with E-state index in [-0.39, 0.29) is 16.9 Å². The lowest BCUT2D eigenvalue weighted by Crippen LogP contribution is -2.52. The van der Waals surface area contributed by atoms with Crippen molar-refractivity contribution in [1.82, 2.24) is 10.6 Å². The number of hydrogen-bond donors (Lipinski definition) is 5. The van der Waals surface area contributed by atoms with E-state index in [0.717, 1.165) is 0 Å². The standard InChI is InChI=1S/C13H22N2O7S/c1-13(2,3)23-6-8(11(20)21)15-12(22)14-7(10(18)19)4-5-9(16)17/h7-8H,4-6H2,1-3H3,(H,16,17)(H,18,19)(H,20,21)(H2,14,15,22)/t7?,8-/m0/s1. The first kappa shape index (κ1) is 21.0. The molecule has 0 rings (SSSR count). The minimum absolute atomic E-state index is 0.110. The van der Waals surface area contributed by atoms with Crippen LogP contribution in [0.4, 0.5) is 4.79 Å². The van der Waals surface area contributed by atoms with Gasteiger partial charge in [-0.15, -0.1) is 0 Å². The van der Waals surface area contributed by atoms with Crippen molar-refractivity contribution in [3.05, 3.63) is 0 Å². The summed E-state index contributed by atoms with van der Waals surface area (Å²) < 4.78 is -0.197. The van der Waals surface area contributed by atoms with Gasteiger partial charge < -0.3 is 26.0 Å². The Kier molecular flexibility index (Phi) is 8.44. The van der Waals surface area contributed by atoms with Gasteiger partial charge in [-0.25, -0.2) is 14.4 Å². The fraction of sp³-hybridized carbons (Fsp3) is 0.692. The van der Waals surface area contributed by atoms with E-state index in [2.05, 4.69) is 10.6 Å². The normalized spacial score (nSPS) is 13.7. The Morgan fingerprint density at radius 1 is 0.957 bits per heavy atom. The van der Waals surface area contributed by atoms with Crippen molar-refractivity contribution < 1.29 is 34.5 Å². The molecule has 2 amide bonds. The fourth-order valence-corrected chi connectivity index (χ4v) is 2.28. The van der Waals surface area contributed by atoms with Crippen molar-refractivity contribution in [2.75, 3.05) is 5.75 Å². The SMILES string of the molecule is CC(C)(C)SC[C@H](NC(=O)NC(CCC(=O)O)C(=O)O)C(=O)O. The Morgan fingerprint density at radius 3 is 1.83 bits per heavy atom. The Hall–Kier alpha value is -1.97. The van der Waals surface area contributed by atoms with E-state index in [1.165, 1.54) is 11.8 Å². The summed E-state index contributed by atoms with van der Waals surface area (Å²) in [5, 5.41) is 30.8. The van der Waals surface area contributed by atoms with Gasteiger partial charge in [0.1, 0.15) is 12.1 Å². The van der Waals surface area contributed by atoms with Gasteiger partial charge in [0.05, 0.1) is 0 Å². The van der Waals surface area contributed by atoms with Gasteiger partial charge in [-0.2, -0.15) is 11.8 Å². The van der Waals surface area contributed by atoms with Crippen molar-refractivity contribution >= 4 is 35.7 Å². The van der Waals surface area contributed by atoms with Crippen molar-refractivity contribution in [1.29, 1.82) is 0 Å². The highest BCUT2D eigenvalue weighted by molar-refractivity contribution is 8.00. The molecule has 0 bridgehead atoms. The second-order valence-electron chi connectivity index (χ2n) is 5.76. The van der Waals surface area contributed by atoms with Crippen LogP contribution in [0.25, 0.3) is 0 Å². The smallest absolute Gasteiger partial charge is 0.327 e. The van der Waals surface area contributed by atoms with Crippen LogP contribution in [0.5, 0.6) is 0 Å². The summed E-state index contributed by atoms with van der Waals surface area (Å²) in [6, 6.07) is -3.56. The molecular formula is C13H22N2O7S. The van der Waals surface area contributed by atoms with Gasteiger partial charge in [-0.05, 0) is 6.42 Å². The Balaban J connectivity index is 4.62. The number of nitrogens with one attached hydrogen (secondary N) is 2. The molecule has 0 aliphatic heterocycles. The van der Waals surface area contributed by atoms with Crippen molar-refractivity contribution in [2.45, 2.75) is 50.4 Å². The predicted octanol–water partition coefficient (Wildman–Crippen LogP) is 0.589. The van der Waals surface area contributed by atoms with E-state index in [1.54, 1.807) is 0 Å². The number of thioether (sulfide) groups is 1. The summed E-state index contributed by atoms with van der Waals surface area (Å²) in [4.78, 5) is 44.3. The molecule has 10 heteroatoms. The molecule has 0 radical (unpaired) electrons.